The summed E-state index contributed by atoms with van der Waals surface area (Å²) in [4.78, 5) is 26.6. The van der Waals surface area contributed by atoms with Gasteiger partial charge in [0.15, 0.2) is 0 Å². The number of rotatable bonds is 16. The van der Waals surface area contributed by atoms with Crippen LogP contribution in [0.2, 0.25) is 0 Å². The summed E-state index contributed by atoms with van der Waals surface area (Å²) in [5, 5.41) is 0. The SMILES string of the molecule is CCCCCCCCC(=O)Oc1ccc(CC(=O)OCCC2CCN(CCSS)CC2)cc1. The predicted octanol–water partition coefficient (Wildman–Crippen LogP) is 6.11. The molecule has 0 N–H and O–H groups in total. The second-order valence-corrected chi connectivity index (χ2v) is 10.4. The first-order valence-electron chi connectivity index (χ1n) is 12.5. The normalized spacial score (nSPS) is 14.8. The van der Waals surface area contributed by atoms with Crippen LogP contribution in [0.4, 0.5) is 0 Å². The molecule has 0 radical (unpaired) electrons. The van der Waals surface area contributed by atoms with Crippen molar-refractivity contribution >= 4 is 34.4 Å². The van der Waals surface area contributed by atoms with E-state index in [1.807, 2.05) is 12.1 Å². The summed E-state index contributed by atoms with van der Waals surface area (Å²) in [6.07, 6.45) is 10.8. The maximum absolute atomic E-state index is 12.2. The van der Waals surface area contributed by atoms with E-state index in [1.165, 1.54) is 38.5 Å². The van der Waals surface area contributed by atoms with Gasteiger partial charge in [0, 0.05) is 18.7 Å². The monoisotopic (exact) mass is 495 g/mol. The molecule has 1 aliphatic rings. The molecular weight excluding hydrogens is 454 g/mol. The van der Waals surface area contributed by atoms with Gasteiger partial charge in [-0.05, 0) is 62.4 Å². The number of thiol groups is 1. The molecule has 1 aromatic rings. The van der Waals surface area contributed by atoms with Crippen LogP contribution in [0.5, 0.6) is 5.75 Å². The lowest BCUT2D eigenvalue weighted by molar-refractivity contribution is -0.143. The zero-order chi connectivity index (χ0) is 23.7. The van der Waals surface area contributed by atoms with Crippen LogP contribution >= 0.6 is 22.5 Å². The Balaban J connectivity index is 1.56. The van der Waals surface area contributed by atoms with Crippen LogP contribution in [-0.2, 0) is 20.7 Å². The van der Waals surface area contributed by atoms with E-state index in [4.69, 9.17) is 9.47 Å². The molecule has 7 heteroatoms. The Labute approximate surface area is 209 Å². The Morgan fingerprint density at radius 2 is 1.73 bits per heavy atom. The van der Waals surface area contributed by atoms with E-state index in [0.29, 0.717) is 24.7 Å². The van der Waals surface area contributed by atoms with Gasteiger partial charge in [-0.15, -0.1) is 11.7 Å². The van der Waals surface area contributed by atoms with E-state index >= 15 is 0 Å². The van der Waals surface area contributed by atoms with Crippen molar-refractivity contribution < 1.29 is 19.1 Å². The first-order valence-corrected chi connectivity index (χ1v) is 14.6. The Bertz CT molecular complexity index is 675. The lowest BCUT2D eigenvalue weighted by atomic mass is 9.94. The standard InChI is InChI=1S/C26H41NO4S2/c1-2-3-4-5-6-7-8-25(28)31-24-11-9-23(10-12-24)21-26(29)30-19-15-22-13-16-27(17-14-22)18-20-33-32/h9-12,22,32H,2-8,13-21H2,1H3. The summed E-state index contributed by atoms with van der Waals surface area (Å²) < 4.78 is 10.9. The first-order chi connectivity index (χ1) is 16.1. The van der Waals surface area contributed by atoms with Crippen molar-refractivity contribution in [3.8, 4) is 5.75 Å². The average molecular weight is 496 g/mol. The van der Waals surface area contributed by atoms with Gasteiger partial charge in [-0.1, -0.05) is 62.0 Å². The van der Waals surface area contributed by atoms with Crippen LogP contribution in [0.3, 0.4) is 0 Å². The maximum atomic E-state index is 12.2. The van der Waals surface area contributed by atoms with Crippen molar-refractivity contribution in [1.82, 2.24) is 4.90 Å². The number of piperidine rings is 1. The molecule has 0 aromatic heterocycles. The summed E-state index contributed by atoms with van der Waals surface area (Å²) in [6, 6.07) is 7.16. The lowest BCUT2D eigenvalue weighted by Crippen LogP contribution is -2.35. The number of nitrogens with zero attached hydrogens (tertiary/aromatic N) is 1. The van der Waals surface area contributed by atoms with E-state index in [2.05, 4.69) is 23.5 Å². The highest BCUT2D eigenvalue weighted by Crippen LogP contribution is 2.21. The number of hydrogen-bond acceptors (Lipinski definition) is 7. The van der Waals surface area contributed by atoms with Crippen molar-refractivity contribution in [2.45, 2.75) is 77.6 Å². The molecule has 0 atom stereocenters. The fraction of sp³-hybridized carbons (Fsp3) is 0.692. The third-order valence-corrected chi connectivity index (χ3v) is 7.15. The summed E-state index contributed by atoms with van der Waals surface area (Å²) in [5.41, 5.74) is 0.867. The van der Waals surface area contributed by atoms with Crippen molar-refractivity contribution in [3.63, 3.8) is 0 Å². The molecule has 1 heterocycles. The van der Waals surface area contributed by atoms with Gasteiger partial charge in [0.05, 0.1) is 13.0 Å². The van der Waals surface area contributed by atoms with E-state index in [1.54, 1.807) is 22.9 Å². The summed E-state index contributed by atoms with van der Waals surface area (Å²) >= 11 is 4.20. The number of esters is 2. The fourth-order valence-electron chi connectivity index (χ4n) is 4.13. The van der Waals surface area contributed by atoms with Crippen LogP contribution < -0.4 is 4.74 Å². The van der Waals surface area contributed by atoms with E-state index < -0.39 is 0 Å². The van der Waals surface area contributed by atoms with E-state index in [9.17, 15) is 9.59 Å². The van der Waals surface area contributed by atoms with Gasteiger partial charge in [-0.25, -0.2) is 0 Å². The van der Waals surface area contributed by atoms with Gasteiger partial charge in [-0.2, -0.15) is 0 Å². The maximum Gasteiger partial charge on any atom is 0.311 e. The molecule has 0 amide bonds. The van der Waals surface area contributed by atoms with Gasteiger partial charge < -0.3 is 14.4 Å². The fourth-order valence-corrected chi connectivity index (χ4v) is 4.72. The van der Waals surface area contributed by atoms with Gasteiger partial charge in [0.25, 0.3) is 0 Å². The molecule has 1 fully saturated rings. The van der Waals surface area contributed by atoms with Crippen LogP contribution in [0.15, 0.2) is 24.3 Å². The highest BCUT2D eigenvalue weighted by Gasteiger charge is 2.19. The molecule has 0 saturated carbocycles. The number of hydrogen-bond donors (Lipinski definition) is 1. The number of benzene rings is 1. The molecule has 1 aliphatic heterocycles. The predicted molar refractivity (Wildman–Crippen MR) is 140 cm³/mol. The Morgan fingerprint density at radius 1 is 1.03 bits per heavy atom. The molecule has 33 heavy (non-hydrogen) atoms. The molecule has 5 nitrogen and oxygen atoms in total. The minimum Gasteiger partial charge on any atom is -0.465 e. The van der Waals surface area contributed by atoms with Gasteiger partial charge >= 0.3 is 11.9 Å². The number of carbonyl (C=O) groups is 2. The molecule has 2 rings (SSSR count). The quantitative estimate of drug-likeness (QED) is 0.0982. The lowest BCUT2D eigenvalue weighted by Gasteiger charge is -2.31. The minimum atomic E-state index is -0.203. The summed E-state index contributed by atoms with van der Waals surface area (Å²) in [5.74, 6) is 1.84. The highest BCUT2D eigenvalue weighted by atomic mass is 33.1. The van der Waals surface area contributed by atoms with Crippen molar-refractivity contribution in [2.75, 3.05) is 32.0 Å². The van der Waals surface area contributed by atoms with Crippen LogP contribution in [0.25, 0.3) is 0 Å². The van der Waals surface area contributed by atoms with Gasteiger partial charge in [0.1, 0.15) is 5.75 Å². The first kappa shape index (κ1) is 28.1. The van der Waals surface area contributed by atoms with Gasteiger partial charge in [-0.3, -0.25) is 9.59 Å². The topological polar surface area (TPSA) is 55.8 Å². The number of unbranched alkanes of at least 4 members (excludes halogenated alkanes) is 5. The molecule has 1 saturated heterocycles. The number of carbonyl (C=O) groups excluding carboxylic acids is 2. The average Bonchev–Trinajstić information content (AvgIpc) is 2.82. The second-order valence-electron chi connectivity index (χ2n) is 8.94. The highest BCUT2D eigenvalue weighted by molar-refractivity contribution is 8.68. The summed E-state index contributed by atoms with van der Waals surface area (Å²) in [6.45, 7) is 6.05. The van der Waals surface area contributed by atoms with Crippen LogP contribution in [0.1, 0.15) is 76.7 Å². The van der Waals surface area contributed by atoms with Crippen molar-refractivity contribution in [1.29, 1.82) is 0 Å². The molecule has 0 bridgehead atoms. The molecule has 186 valence electrons. The van der Waals surface area contributed by atoms with E-state index in [-0.39, 0.29) is 18.4 Å². The smallest absolute Gasteiger partial charge is 0.311 e. The molecular formula is C26H41NO4S2. The van der Waals surface area contributed by atoms with Crippen molar-refractivity contribution in [3.05, 3.63) is 29.8 Å². The van der Waals surface area contributed by atoms with Gasteiger partial charge in [0.2, 0.25) is 0 Å². The molecule has 0 aliphatic carbocycles. The summed E-state index contributed by atoms with van der Waals surface area (Å²) in [7, 11) is 1.60. The van der Waals surface area contributed by atoms with E-state index in [0.717, 1.165) is 50.2 Å². The third-order valence-electron chi connectivity index (χ3n) is 6.23. The third kappa shape index (κ3) is 12.7. The zero-order valence-electron chi connectivity index (χ0n) is 20.1. The Kier molecular flexibility index (Phi) is 14.7. The largest absolute Gasteiger partial charge is 0.465 e. The van der Waals surface area contributed by atoms with Crippen molar-refractivity contribution in [2.24, 2.45) is 5.92 Å². The minimum absolute atomic E-state index is 0.191. The van der Waals surface area contributed by atoms with Crippen LogP contribution in [0, 0.1) is 5.92 Å². The molecule has 0 unspecified atom stereocenters. The molecule has 0 spiro atoms. The molecule has 1 aromatic carbocycles. The van der Waals surface area contributed by atoms with Crippen LogP contribution in [-0.4, -0.2) is 48.8 Å². The number of likely N-dealkylation sites (tertiary alicyclic amines) is 1. The Morgan fingerprint density at radius 3 is 2.42 bits per heavy atom. The zero-order valence-corrected chi connectivity index (χ0v) is 21.8. The second kappa shape index (κ2) is 17.3. The Hall–Kier alpha value is -1.18. The number of ether oxygens (including phenoxy) is 2.